The van der Waals surface area contributed by atoms with Crippen molar-refractivity contribution in [2.24, 2.45) is 4.99 Å². The number of nitrogens with one attached hydrogen (secondary N) is 1. The number of halogens is 1. The second-order valence-corrected chi connectivity index (χ2v) is 9.83. The van der Waals surface area contributed by atoms with Crippen LogP contribution in [0.1, 0.15) is 36.4 Å². The van der Waals surface area contributed by atoms with E-state index in [2.05, 4.69) is 11.4 Å². The monoisotopic (exact) mass is 586 g/mol. The molecule has 1 aliphatic rings. The molecule has 9 nitrogen and oxygen atoms in total. The molecule has 4 rings (SSSR count). The highest BCUT2D eigenvalue weighted by molar-refractivity contribution is 6.49. The Hall–Kier alpha value is -4.81. The van der Waals surface area contributed by atoms with Gasteiger partial charge in [-0.25, -0.2) is 4.99 Å². The maximum atomic E-state index is 12.9. The van der Waals surface area contributed by atoms with E-state index < -0.39 is 17.7 Å². The molecule has 1 amide bonds. The predicted octanol–water partition coefficient (Wildman–Crippen LogP) is 6.27. The minimum Gasteiger partial charge on any atom is -0.497 e. The van der Waals surface area contributed by atoms with Gasteiger partial charge in [0.25, 0.3) is 5.91 Å². The number of benzene rings is 2. The molecule has 42 heavy (non-hydrogen) atoms. The Morgan fingerprint density at radius 1 is 1.19 bits per heavy atom. The van der Waals surface area contributed by atoms with Gasteiger partial charge in [-0.1, -0.05) is 18.5 Å². The van der Waals surface area contributed by atoms with E-state index in [0.29, 0.717) is 42.3 Å². The molecule has 0 aliphatic heterocycles. The molecular formula is C32H31ClN4O5. The Morgan fingerprint density at radius 2 is 1.93 bits per heavy atom. The normalized spacial score (nSPS) is 14.7. The number of Topliss-reactive ketones (excluding diaryl/α,β-unsaturated/α-hetero) is 1. The number of nitrogens with zero attached hydrogens (tertiary/aromatic N) is 3. The van der Waals surface area contributed by atoms with Gasteiger partial charge >= 0.3 is 0 Å². The highest BCUT2D eigenvalue weighted by atomic mass is 35.5. The topological polar surface area (TPSA) is 117 Å². The molecular weight excluding hydrogens is 556 g/mol. The summed E-state index contributed by atoms with van der Waals surface area (Å²) in [5.41, 5.74) is 3.42. The van der Waals surface area contributed by atoms with E-state index in [4.69, 9.17) is 30.5 Å². The Bertz CT molecular complexity index is 1580. The number of methoxy groups -OCH3 is 1. The summed E-state index contributed by atoms with van der Waals surface area (Å²) >= 11 is 6.44. The summed E-state index contributed by atoms with van der Waals surface area (Å²) in [6, 6.07) is 18.0. The molecule has 216 valence electrons. The van der Waals surface area contributed by atoms with Crippen molar-refractivity contribution in [3.05, 3.63) is 94.6 Å². The van der Waals surface area contributed by atoms with Crippen molar-refractivity contribution in [2.75, 3.05) is 25.2 Å². The first-order valence-electron chi connectivity index (χ1n) is 13.4. The van der Waals surface area contributed by atoms with Gasteiger partial charge in [-0.15, -0.1) is 0 Å². The van der Waals surface area contributed by atoms with Gasteiger partial charge in [0, 0.05) is 11.3 Å². The van der Waals surface area contributed by atoms with Crippen LogP contribution in [0.4, 0.5) is 11.4 Å². The van der Waals surface area contributed by atoms with Crippen molar-refractivity contribution in [1.29, 1.82) is 5.26 Å². The third kappa shape index (κ3) is 6.90. The summed E-state index contributed by atoms with van der Waals surface area (Å²) in [4.78, 5) is 32.2. The van der Waals surface area contributed by atoms with E-state index in [0.717, 1.165) is 17.0 Å². The molecule has 0 bridgehead atoms. The van der Waals surface area contributed by atoms with E-state index in [9.17, 15) is 14.9 Å². The lowest BCUT2D eigenvalue weighted by molar-refractivity contribution is -0.112. The molecule has 2 aromatic carbocycles. The molecule has 1 N–H and O–H groups in total. The van der Waals surface area contributed by atoms with Crippen molar-refractivity contribution < 1.29 is 23.5 Å². The molecule has 1 unspecified atom stereocenters. The van der Waals surface area contributed by atoms with E-state index >= 15 is 0 Å². The van der Waals surface area contributed by atoms with Crippen LogP contribution in [0.15, 0.2) is 92.6 Å². The van der Waals surface area contributed by atoms with Crippen LogP contribution in [-0.4, -0.2) is 43.7 Å². The number of aliphatic imine (C=N–C) groups is 1. The molecule has 0 saturated heterocycles. The van der Waals surface area contributed by atoms with Gasteiger partial charge in [-0.05, 0) is 86.5 Å². The zero-order valence-corrected chi connectivity index (χ0v) is 24.6. The fraction of sp³-hybridized carbons (Fsp3) is 0.250. The van der Waals surface area contributed by atoms with E-state index in [-0.39, 0.29) is 16.5 Å². The summed E-state index contributed by atoms with van der Waals surface area (Å²) in [5.74, 6) is 0.472. The SMILES string of the molecule is CCC1=C(Cl)C(=O)C(NC(=O)c2ccco2)=CC1=Nc1ccc(N(CCOc2ccc(OC)cc2)C(C)C#N)cc1C. The maximum Gasteiger partial charge on any atom is 0.291 e. The van der Waals surface area contributed by atoms with Crippen LogP contribution in [0.5, 0.6) is 11.5 Å². The first-order chi connectivity index (χ1) is 20.2. The van der Waals surface area contributed by atoms with E-state index in [1.807, 2.05) is 68.1 Å². The second-order valence-electron chi connectivity index (χ2n) is 9.45. The number of carbonyl (C=O) groups is 2. The predicted molar refractivity (Wildman–Crippen MR) is 162 cm³/mol. The van der Waals surface area contributed by atoms with E-state index in [1.165, 1.54) is 18.4 Å². The van der Waals surface area contributed by atoms with Crippen LogP contribution in [0, 0.1) is 18.3 Å². The highest BCUT2D eigenvalue weighted by Crippen LogP contribution is 2.30. The molecule has 10 heteroatoms. The second kappa shape index (κ2) is 13.7. The number of allylic oxidation sites excluding steroid dienone is 3. The highest BCUT2D eigenvalue weighted by Gasteiger charge is 2.27. The first kappa shape index (κ1) is 30.2. The molecule has 1 aliphatic carbocycles. The summed E-state index contributed by atoms with van der Waals surface area (Å²) in [6.07, 6.45) is 3.37. The van der Waals surface area contributed by atoms with Gasteiger partial charge in [0.15, 0.2) is 5.76 Å². The minimum atomic E-state index is -0.563. The fourth-order valence-corrected chi connectivity index (χ4v) is 4.73. The Labute approximate surface area is 249 Å². The van der Waals surface area contributed by atoms with Crippen LogP contribution in [0.2, 0.25) is 0 Å². The first-order valence-corrected chi connectivity index (χ1v) is 13.8. The van der Waals surface area contributed by atoms with Gasteiger partial charge in [0.2, 0.25) is 5.78 Å². The lowest BCUT2D eigenvalue weighted by atomic mass is 9.97. The largest absolute Gasteiger partial charge is 0.497 e. The third-order valence-corrected chi connectivity index (χ3v) is 7.11. The average Bonchev–Trinajstić information content (AvgIpc) is 3.55. The van der Waals surface area contributed by atoms with Crippen molar-refractivity contribution in [2.45, 2.75) is 33.2 Å². The van der Waals surface area contributed by atoms with Crippen LogP contribution in [0.3, 0.4) is 0 Å². The van der Waals surface area contributed by atoms with Crippen molar-refractivity contribution in [1.82, 2.24) is 5.32 Å². The number of nitriles is 1. The van der Waals surface area contributed by atoms with Crippen LogP contribution in [0.25, 0.3) is 0 Å². The maximum absolute atomic E-state index is 12.9. The summed E-state index contributed by atoms with van der Waals surface area (Å²) < 4.78 is 16.2. The number of anilines is 1. The van der Waals surface area contributed by atoms with Crippen LogP contribution in [-0.2, 0) is 4.79 Å². The summed E-state index contributed by atoms with van der Waals surface area (Å²) in [5, 5.41) is 12.3. The lowest BCUT2D eigenvalue weighted by Gasteiger charge is -2.27. The lowest BCUT2D eigenvalue weighted by Crippen LogP contribution is -2.35. The standard InChI is InChI=1S/C32H31ClN4O5/c1-5-25-27(18-28(31(38)30(25)33)36-32(39)29-7-6-15-42-29)35-26-13-8-22(17-20(26)2)37(21(3)19-34)14-16-41-24-11-9-23(40-4)10-12-24/h6-13,15,17-18,21H,5,14,16H2,1-4H3,(H,36,39). The molecule has 0 spiro atoms. The molecule has 0 saturated carbocycles. The van der Waals surface area contributed by atoms with Gasteiger partial charge in [0.05, 0.1) is 48.1 Å². The van der Waals surface area contributed by atoms with Gasteiger partial charge in [0.1, 0.15) is 24.1 Å². The number of hydrogen-bond acceptors (Lipinski definition) is 8. The van der Waals surface area contributed by atoms with Gasteiger partial charge < -0.3 is 24.1 Å². The number of ether oxygens (including phenoxy) is 2. The van der Waals surface area contributed by atoms with Crippen LogP contribution >= 0.6 is 11.6 Å². The number of hydrogen-bond donors (Lipinski definition) is 1. The Morgan fingerprint density at radius 3 is 2.55 bits per heavy atom. The molecule has 1 aromatic heterocycles. The number of aryl methyl sites for hydroxylation is 1. The number of amides is 1. The van der Waals surface area contributed by atoms with Crippen molar-refractivity contribution in [3.63, 3.8) is 0 Å². The Kier molecular flexibility index (Phi) is 9.84. The summed E-state index contributed by atoms with van der Waals surface area (Å²) in [6.45, 7) is 6.48. The minimum absolute atomic E-state index is 0.00801. The van der Waals surface area contributed by atoms with Crippen molar-refractivity contribution >= 4 is 40.4 Å². The van der Waals surface area contributed by atoms with Gasteiger partial charge in [-0.3, -0.25) is 9.59 Å². The zero-order valence-electron chi connectivity index (χ0n) is 23.8. The molecule has 0 fully saturated rings. The number of ketones is 1. The van der Waals surface area contributed by atoms with Gasteiger partial charge in [-0.2, -0.15) is 5.26 Å². The summed E-state index contributed by atoms with van der Waals surface area (Å²) in [7, 11) is 1.61. The molecule has 1 heterocycles. The quantitative estimate of drug-likeness (QED) is 0.263. The zero-order chi connectivity index (χ0) is 30.2. The number of carbonyl (C=O) groups excluding carboxylic acids is 2. The number of rotatable bonds is 11. The fourth-order valence-electron chi connectivity index (χ4n) is 4.40. The molecule has 1 atom stereocenters. The molecule has 0 radical (unpaired) electrons. The van der Waals surface area contributed by atoms with Crippen molar-refractivity contribution in [3.8, 4) is 17.6 Å². The van der Waals surface area contributed by atoms with E-state index in [1.54, 1.807) is 13.2 Å². The third-order valence-electron chi connectivity index (χ3n) is 6.71. The average molecular weight is 587 g/mol. The Balaban J connectivity index is 1.56. The van der Waals surface area contributed by atoms with Crippen LogP contribution < -0.4 is 19.7 Å². The number of furan rings is 1. The molecule has 3 aromatic rings. The smallest absolute Gasteiger partial charge is 0.291 e.